The maximum absolute atomic E-state index is 13.4. The molecule has 1 N–H and O–H groups in total. The summed E-state index contributed by atoms with van der Waals surface area (Å²) in [5, 5.41) is 1.10. The van der Waals surface area contributed by atoms with Crippen LogP contribution in [0.25, 0.3) is 10.9 Å². The lowest BCUT2D eigenvalue weighted by atomic mass is 9.87. The van der Waals surface area contributed by atoms with Crippen molar-refractivity contribution < 1.29 is 14.3 Å². The molecule has 0 aliphatic carbocycles. The van der Waals surface area contributed by atoms with Gasteiger partial charge in [-0.05, 0) is 44.4 Å². The summed E-state index contributed by atoms with van der Waals surface area (Å²) in [5.41, 5.74) is 4.27. The molecule has 1 aromatic heterocycles. The Hall–Kier alpha value is -2.76. The van der Waals surface area contributed by atoms with Gasteiger partial charge in [0, 0.05) is 35.6 Å². The average Bonchev–Trinajstić information content (AvgIpc) is 3.30. The molecule has 2 fully saturated rings. The van der Waals surface area contributed by atoms with Crippen molar-refractivity contribution in [2.24, 2.45) is 0 Å². The molecule has 2 amide bonds. The monoisotopic (exact) mass is 379 g/mol. The van der Waals surface area contributed by atoms with Crippen molar-refractivity contribution in [3.05, 3.63) is 41.1 Å². The molecule has 3 aliphatic rings. The second kappa shape index (κ2) is 6.12. The van der Waals surface area contributed by atoms with Gasteiger partial charge in [0.1, 0.15) is 17.8 Å². The number of nitrogens with one attached hydrogen (secondary N) is 1. The number of rotatable bonds is 2. The number of piperazine rings is 1. The Morgan fingerprint density at radius 2 is 2.04 bits per heavy atom. The lowest BCUT2D eigenvalue weighted by Gasteiger charge is -2.47. The van der Waals surface area contributed by atoms with Gasteiger partial charge in [-0.3, -0.25) is 9.59 Å². The van der Waals surface area contributed by atoms with Crippen LogP contribution in [0.15, 0.2) is 29.8 Å². The van der Waals surface area contributed by atoms with Crippen molar-refractivity contribution in [2.45, 2.75) is 51.2 Å². The van der Waals surface area contributed by atoms with Crippen LogP contribution in [0.1, 0.15) is 44.0 Å². The summed E-state index contributed by atoms with van der Waals surface area (Å²) in [6.45, 7) is 4.77. The fraction of sp³-hybridized carbons (Fsp3) is 0.455. The third kappa shape index (κ3) is 2.33. The van der Waals surface area contributed by atoms with Gasteiger partial charge in [0.05, 0.1) is 13.2 Å². The largest absolute Gasteiger partial charge is 0.497 e. The molecule has 28 heavy (non-hydrogen) atoms. The number of methoxy groups -OCH3 is 1. The number of fused-ring (bicyclic) bond motifs is 5. The van der Waals surface area contributed by atoms with Gasteiger partial charge in [-0.2, -0.15) is 0 Å². The minimum atomic E-state index is -0.420. The maximum Gasteiger partial charge on any atom is 0.246 e. The van der Waals surface area contributed by atoms with Gasteiger partial charge in [0.25, 0.3) is 0 Å². The molecule has 0 bridgehead atoms. The fourth-order valence-corrected chi connectivity index (χ4v) is 5.11. The average molecular weight is 379 g/mol. The van der Waals surface area contributed by atoms with Crippen LogP contribution < -0.4 is 4.74 Å². The molecule has 2 saturated heterocycles. The summed E-state index contributed by atoms with van der Waals surface area (Å²) in [6.07, 6.45) is 4.34. The van der Waals surface area contributed by atoms with Crippen LogP contribution in [0.4, 0.5) is 0 Å². The lowest BCUT2D eigenvalue weighted by molar-refractivity contribution is -0.162. The first-order chi connectivity index (χ1) is 13.5. The lowest BCUT2D eigenvalue weighted by Crippen LogP contribution is -2.65. The number of allylic oxidation sites excluding steroid dienone is 1. The Balaban J connectivity index is 1.70. The molecule has 1 aromatic carbocycles. The van der Waals surface area contributed by atoms with Crippen molar-refractivity contribution in [1.82, 2.24) is 14.8 Å². The van der Waals surface area contributed by atoms with E-state index in [1.54, 1.807) is 7.11 Å². The van der Waals surface area contributed by atoms with Crippen LogP contribution >= 0.6 is 0 Å². The normalized spacial score (nSPS) is 26.2. The van der Waals surface area contributed by atoms with Crippen molar-refractivity contribution in [2.75, 3.05) is 13.7 Å². The van der Waals surface area contributed by atoms with Gasteiger partial charge in [-0.15, -0.1) is 0 Å². The molecule has 5 rings (SSSR count). The Morgan fingerprint density at radius 3 is 2.79 bits per heavy atom. The van der Waals surface area contributed by atoms with Crippen LogP contribution in [-0.2, 0) is 16.0 Å². The zero-order chi connectivity index (χ0) is 19.6. The van der Waals surface area contributed by atoms with Gasteiger partial charge >= 0.3 is 0 Å². The number of aromatic amines is 1. The molecule has 6 heteroatoms. The van der Waals surface area contributed by atoms with Crippen molar-refractivity contribution in [3.8, 4) is 5.75 Å². The van der Waals surface area contributed by atoms with E-state index in [0.29, 0.717) is 13.0 Å². The van der Waals surface area contributed by atoms with Crippen LogP contribution in [-0.4, -0.2) is 52.3 Å². The molecular weight excluding hydrogens is 354 g/mol. The predicted molar refractivity (Wildman–Crippen MR) is 106 cm³/mol. The highest BCUT2D eigenvalue weighted by atomic mass is 16.5. The number of H-pyrrole nitrogens is 1. The van der Waals surface area contributed by atoms with Crippen LogP contribution in [0.5, 0.6) is 5.75 Å². The van der Waals surface area contributed by atoms with Crippen LogP contribution in [0, 0.1) is 0 Å². The van der Waals surface area contributed by atoms with Gasteiger partial charge in [-0.1, -0.05) is 11.6 Å². The Bertz CT molecular complexity index is 1020. The van der Waals surface area contributed by atoms with E-state index in [2.05, 4.69) is 11.1 Å². The minimum absolute atomic E-state index is 0.0893. The second-order valence-corrected chi connectivity index (χ2v) is 8.27. The SMILES string of the molecule is COc1ccc2c3c([nH]c2c1)[C@@H](C=C(C)C)N1C(=O)[C@@H]2CCCN2C(=O)[C@@H]1C3. The van der Waals surface area contributed by atoms with E-state index >= 15 is 0 Å². The summed E-state index contributed by atoms with van der Waals surface area (Å²) in [6, 6.07) is 5.03. The number of hydrogen-bond donors (Lipinski definition) is 1. The highest BCUT2D eigenvalue weighted by Gasteiger charge is 2.52. The molecule has 3 aliphatic heterocycles. The van der Waals surface area contributed by atoms with E-state index in [1.165, 1.54) is 0 Å². The van der Waals surface area contributed by atoms with Gasteiger partial charge in [0.15, 0.2) is 0 Å². The molecular formula is C22H25N3O3. The number of carbonyl (C=O) groups is 2. The van der Waals surface area contributed by atoms with E-state index in [0.717, 1.165) is 46.3 Å². The molecule has 0 spiro atoms. The van der Waals surface area contributed by atoms with Crippen molar-refractivity contribution >= 4 is 22.7 Å². The van der Waals surface area contributed by atoms with E-state index in [-0.39, 0.29) is 23.9 Å². The van der Waals surface area contributed by atoms with Gasteiger partial charge < -0.3 is 19.5 Å². The van der Waals surface area contributed by atoms with E-state index in [9.17, 15) is 9.59 Å². The number of benzene rings is 1. The molecule has 146 valence electrons. The number of carbonyl (C=O) groups excluding carboxylic acids is 2. The third-order valence-electron chi connectivity index (χ3n) is 6.33. The fourth-order valence-electron chi connectivity index (χ4n) is 5.11. The molecule has 6 nitrogen and oxygen atoms in total. The molecule has 0 unspecified atom stereocenters. The smallest absolute Gasteiger partial charge is 0.246 e. The first-order valence-electron chi connectivity index (χ1n) is 9.95. The number of aromatic nitrogens is 1. The standard InChI is InChI=1S/C22H25N3O3/c1-12(2)9-18-20-15(14-7-6-13(28-3)10-16(14)23-20)11-19-21(26)24-8-4-5-17(24)22(27)25(18)19/h6-7,9-10,17-19,23H,4-5,8,11H2,1-3H3/t17-,18+,19-/m0/s1. The Morgan fingerprint density at radius 1 is 1.21 bits per heavy atom. The minimum Gasteiger partial charge on any atom is -0.497 e. The van der Waals surface area contributed by atoms with E-state index < -0.39 is 6.04 Å². The number of nitrogens with zero attached hydrogens (tertiary/aromatic N) is 2. The van der Waals surface area contributed by atoms with Gasteiger partial charge in [-0.25, -0.2) is 0 Å². The number of ether oxygens (including phenoxy) is 1. The Kier molecular flexibility index (Phi) is 3.79. The molecule has 3 atom stereocenters. The number of hydrogen-bond acceptors (Lipinski definition) is 3. The highest BCUT2D eigenvalue weighted by Crippen LogP contribution is 2.43. The molecule has 0 saturated carbocycles. The topological polar surface area (TPSA) is 65.6 Å². The van der Waals surface area contributed by atoms with Gasteiger partial charge in [0.2, 0.25) is 11.8 Å². The molecule has 2 aromatic rings. The quantitative estimate of drug-likeness (QED) is 0.816. The molecule has 0 radical (unpaired) electrons. The zero-order valence-corrected chi connectivity index (χ0v) is 16.5. The summed E-state index contributed by atoms with van der Waals surface area (Å²) in [4.78, 5) is 33.8. The number of amides is 2. The summed E-state index contributed by atoms with van der Waals surface area (Å²) >= 11 is 0. The molecule has 4 heterocycles. The summed E-state index contributed by atoms with van der Waals surface area (Å²) in [5.74, 6) is 0.977. The van der Waals surface area contributed by atoms with E-state index in [4.69, 9.17) is 4.74 Å². The predicted octanol–water partition coefficient (Wildman–Crippen LogP) is 2.94. The first-order valence-corrected chi connectivity index (χ1v) is 9.95. The zero-order valence-electron chi connectivity index (χ0n) is 16.5. The Labute approximate surface area is 164 Å². The maximum atomic E-state index is 13.4. The van der Waals surface area contributed by atoms with Crippen molar-refractivity contribution in [3.63, 3.8) is 0 Å². The van der Waals surface area contributed by atoms with Crippen molar-refractivity contribution in [1.29, 1.82) is 0 Å². The van der Waals surface area contributed by atoms with Crippen LogP contribution in [0.2, 0.25) is 0 Å². The first kappa shape index (κ1) is 17.3. The highest BCUT2D eigenvalue weighted by molar-refractivity contribution is 5.99. The van der Waals surface area contributed by atoms with Crippen LogP contribution in [0.3, 0.4) is 0 Å². The second-order valence-electron chi connectivity index (χ2n) is 8.27. The summed E-state index contributed by atoms with van der Waals surface area (Å²) in [7, 11) is 1.65. The third-order valence-corrected chi connectivity index (χ3v) is 6.33. The van der Waals surface area contributed by atoms with E-state index in [1.807, 2.05) is 41.8 Å². The summed E-state index contributed by atoms with van der Waals surface area (Å²) < 4.78 is 5.37.